The van der Waals surface area contributed by atoms with Gasteiger partial charge in [-0.15, -0.1) is 0 Å². The minimum Gasteiger partial charge on any atom is -0.387 e. The SMILES string of the molecule is C[C@@H]1CC(F)(F)OC[C@]1(C)O. The summed E-state index contributed by atoms with van der Waals surface area (Å²) in [6, 6.07) is 0. The third-order valence-corrected chi connectivity index (χ3v) is 2.18. The van der Waals surface area contributed by atoms with E-state index in [0.717, 1.165) is 0 Å². The lowest BCUT2D eigenvalue weighted by Gasteiger charge is -2.38. The number of rotatable bonds is 0. The van der Waals surface area contributed by atoms with Crippen LogP contribution in [-0.2, 0) is 4.74 Å². The van der Waals surface area contributed by atoms with Crippen LogP contribution in [0.3, 0.4) is 0 Å². The van der Waals surface area contributed by atoms with Gasteiger partial charge in [0, 0.05) is 6.42 Å². The predicted octanol–water partition coefficient (Wildman–Crippen LogP) is 1.39. The van der Waals surface area contributed by atoms with Gasteiger partial charge in [-0.05, 0) is 12.8 Å². The van der Waals surface area contributed by atoms with Crippen LogP contribution in [-0.4, -0.2) is 23.4 Å². The van der Waals surface area contributed by atoms with E-state index in [0.29, 0.717) is 0 Å². The van der Waals surface area contributed by atoms with Crippen molar-refractivity contribution in [2.24, 2.45) is 5.92 Å². The second-order valence-electron chi connectivity index (χ2n) is 3.39. The maximum atomic E-state index is 12.5. The molecule has 0 unspecified atom stereocenters. The molecule has 0 bridgehead atoms. The first kappa shape index (κ1) is 8.87. The first-order chi connectivity index (χ1) is 4.83. The number of alkyl halides is 2. The molecule has 1 heterocycles. The van der Waals surface area contributed by atoms with Crippen molar-refractivity contribution < 1.29 is 18.6 Å². The van der Waals surface area contributed by atoms with Gasteiger partial charge in [0.15, 0.2) is 0 Å². The van der Waals surface area contributed by atoms with Crippen molar-refractivity contribution in [2.45, 2.75) is 32.0 Å². The van der Waals surface area contributed by atoms with Crippen molar-refractivity contribution in [3.05, 3.63) is 0 Å². The Balaban J connectivity index is 2.63. The van der Waals surface area contributed by atoms with Crippen molar-refractivity contribution >= 4 is 0 Å². The molecule has 1 fully saturated rings. The Bertz CT molecular complexity index is 157. The summed E-state index contributed by atoms with van der Waals surface area (Å²) in [6.45, 7) is 2.81. The lowest BCUT2D eigenvalue weighted by Crippen LogP contribution is -2.48. The standard InChI is InChI=1S/C7H12F2O2/c1-5-3-7(8,9)11-4-6(5,2)10/h5,10H,3-4H2,1-2H3/t5-,6+/m1/s1. The van der Waals surface area contributed by atoms with Crippen LogP contribution < -0.4 is 0 Å². The van der Waals surface area contributed by atoms with Gasteiger partial charge < -0.3 is 9.84 Å². The second-order valence-corrected chi connectivity index (χ2v) is 3.39. The fourth-order valence-electron chi connectivity index (χ4n) is 1.03. The maximum absolute atomic E-state index is 12.5. The van der Waals surface area contributed by atoms with Crippen molar-refractivity contribution in [3.8, 4) is 0 Å². The quantitative estimate of drug-likeness (QED) is 0.589. The molecule has 1 rings (SSSR count). The molecule has 0 aromatic rings. The Morgan fingerprint density at radius 3 is 2.45 bits per heavy atom. The largest absolute Gasteiger partial charge is 0.387 e. The molecular weight excluding hydrogens is 154 g/mol. The van der Waals surface area contributed by atoms with E-state index < -0.39 is 24.0 Å². The molecule has 11 heavy (non-hydrogen) atoms. The van der Waals surface area contributed by atoms with E-state index in [1.54, 1.807) is 6.92 Å². The van der Waals surface area contributed by atoms with Crippen LogP contribution in [0.15, 0.2) is 0 Å². The highest BCUT2D eigenvalue weighted by Gasteiger charge is 2.45. The third kappa shape index (κ3) is 1.87. The van der Waals surface area contributed by atoms with Crippen LogP contribution in [0.2, 0.25) is 0 Å². The number of hydrogen-bond acceptors (Lipinski definition) is 2. The lowest BCUT2D eigenvalue weighted by molar-refractivity contribution is -0.305. The molecule has 2 nitrogen and oxygen atoms in total. The van der Waals surface area contributed by atoms with Crippen LogP contribution in [0.25, 0.3) is 0 Å². The van der Waals surface area contributed by atoms with Gasteiger partial charge in [0.1, 0.15) is 0 Å². The summed E-state index contributed by atoms with van der Waals surface area (Å²) < 4.78 is 29.1. The van der Waals surface area contributed by atoms with Gasteiger partial charge in [-0.2, -0.15) is 8.78 Å². The molecule has 1 aliphatic heterocycles. The fraction of sp³-hybridized carbons (Fsp3) is 1.00. The normalized spacial score (nSPS) is 43.9. The van der Waals surface area contributed by atoms with Gasteiger partial charge in [0.05, 0.1) is 12.2 Å². The zero-order valence-electron chi connectivity index (χ0n) is 6.60. The predicted molar refractivity (Wildman–Crippen MR) is 35.3 cm³/mol. The Morgan fingerprint density at radius 1 is 1.55 bits per heavy atom. The molecule has 1 N–H and O–H groups in total. The summed E-state index contributed by atoms with van der Waals surface area (Å²) in [5.74, 6) is -0.425. The molecule has 0 aromatic carbocycles. The van der Waals surface area contributed by atoms with Gasteiger partial charge in [-0.3, -0.25) is 0 Å². The minimum absolute atomic E-state index is 0.291. The van der Waals surface area contributed by atoms with Gasteiger partial charge in [-0.1, -0.05) is 6.92 Å². The van der Waals surface area contributed by atoms with Gasteiger partial charge >= 0.3 is 6.11 Å². The van der Waals surface area contributed by atoms with Crippen LogP contribution in [0.4, 0.5) is 8.78 Å². The molecule has 1 aliphatic rings. The Hall–Kier alpha value is -0.220. The maximum Gasteiger partial charge on any atom is 0.356 e. The van der Waals surface area contributed by atoms with Gasteiger partial charge in [-0.25, -0.2) is 0 Å². The van der Waals surface area contributed by atoms with Crippen molar-refractivity contribution in [2.75, 3.05) is 6.61 Å². The molecule has 0 spiro atoms. The van der Waals surface area contributed by atoms with E-state index in [1.807, 2.05) is 0 Å². The van der Waals surface area contributed by atoms with Gasteiger partial charge in [0.2, 0.25) is 0 Å². The fourth-order valence-corrected chi connectivity index (χ4v) is 1.03. The van der Waals surface area contributed by atoms with Crippen molar-refractivity contribution in [1.29, 1.82) is 0 Å². The highest BCUT2D eigenvalue weighted by molar-refractivity contribution is 4.85. The molecule has 0 radical (unpaired) electrons. The number of ether oxygens (including phenoxy) is 1. The second kappa shape index (κ2) is 2.38. The highest BCUT2D eigenvalue weighted by Crippen LogP contribution is 2.36. The highest BCUT2D eigenvalue weighted by atomic mass is 19.3. The molecule has 1 saturated heterocycles. The molecule has 66 valence electrons. The molecule has 0 amide bonds. The third-order valence-electron chi connectivity index (χ3n) is 2.18. The van der Waals surface area contributed by atoms with Crippen LogP contribution in [0, 0.1) is 5.92 Å². The summed E-state index contributed by atoms with van der Waals surface area (Å²) in [6.07, 6.45) is -3.46. The zero-order chi connectivity index (χ0) is 8.70. The van der Waals surface area contributed by atoms with E-state index in [9.17, 15) is 13.9 Å². The molecule has 0 saturated carbocycles. The van der Waals surface area contributed by atoms with E-state index in [4.69, 9.17) is 0 Å². The number of halogens is 2. The number of hydrogen-bond donors (Lipinski definition) is 1. The summed E-state index contributed by atoms with van der Waals surface area (Å²) in [5.41, 5.74) is -1.11. The van der Waals surface area contributed by atoms with E-state index in [-0.39, 0.29) is 6.61 Å². The molecular formula is C7H12F2O2. The monoisotopic (exact) mass is 166 g/mol. The average molecular weight is 166 g/mol. The number of aliphatic hydroxyl groups is 1. The first-order valence-electron chi connectivity index (χ1n) is 3.58. The van der Waals surface area contributed by atoms with Crippen LogP contribution >= 0.6 is 0 Å². The molecule has 0 aromatic heterocycles. The Morgan fingerprint density at radius 2 is 2.09 bits per heavy atom. The smallest absolute Gasteiger partial charge is 0.356 e. The van der Waals surface area contributed by atoms with Gasteiger partial charge in [0.25, 0.3) is 0 Å². The topological polar surface area (TPSA) is 29.5 Å². The summed E-state index contributed by atoms with van der Waals surface area (Å²) in [4.78, 5) is 0. The summed E-state index contributed by atoms with van der Waals surface area (Å²) >= 11 is 0. The van der Waals surface area contributed by atoms with Crippen LogP contribution in [0.5, 0.6) is 0 Å². The summed E-state index contributed by atoms with van der Waals surface area (Å²) in [7, 11) is 0. The summed E-state index contributed by atoms with van der Waals surface area (Å²) in [5, 5.41) is 9.42. The van der Waals surface area contributed by atoms with Crippen molar-refractivity contribution in [1.82, 2.24) is 0 Å². The van der Waals surface area contributed by atoms with E-state index in [1.165, 1.54) is 6.92 Å². The Kier molecular flexibility index (Phi) is 1.92. The van der Waals surface area contributed by atoms with Crippen LogP contribution in [0.1, 0.15) is 20.3 Å². The van der Waals surface area contributed by atoms with E-state index >= 15 is 0 Å². The molecule has 4 heteroatoms. The lowest BCUT2D eigenvalue weighted by atomic mass is 9.86. The van der Waals surface area contributed by atoms with Crippen molar-refractivity contribution in [3.63, 3.8) is 0 Å². The van der Waals surface area contributed by atoms with E-state index in [2.05, 4.69) is 4.74 Å². The first-order valence-corrected chi connectivity index (χ1v) is 3.58. The molecule has 2 atom stereocenters. The Labute approximate surface area is 64.2 Å². The zero-order valence-corrected chi connectivity index (χ0v) is 6.60. The minimum atomic E-state index is -3.05. The average Bonchev–Trinajstić information content (AvgIpc) is 1.81. The molecule has 0 aliphatic carbocycles.